The maximum Gasteiger partial charge on any atom is 0.223 e. The Morgan fingerprint density at radius 2 is 1.96 bits per heavy atom. The fourth-order valence-corrected chi connectivity index (χ4v) is 5.08. The number of carbonyl (C=O) groups is 1. The smallest absolute Gasteiger partial charge is 0.223 e. The molecule has 6 heteroatoms. The van der Waals surface area contributed by atoms with Crippen molar-refractivity contribution in [3.8, 4) is 0 Å². The Kier molecular flexibility index (Phi) is 4.80. The standard InChI is InChI=1S/C19H31N5O/c20-14-19(8-2-1-3-9-19)12-17(25)23-10-4-6-15(13-23)18-22-21-16-7-5-11-24(16)18/h15H,1-14,20H2. The average molecular weight is 345 g/mol. The van der Waals surface area contributed by atoms with E-state index in [1.165, 1.54) is 25.7 Å². The minimum Gasteiger partial charge on any atom is -0.342 e. The van der Waals surface area contributed by atoms with Gasteiger partial charge in [-0.15, -0.1) is 10.2 Å². The quantitative estimate of drug-likeness (QED) is 0.908. The highest BCUT2D eigenvalue weighted by Crippen LogP contribution is 2.39. The van der Waals surface area contributed by atoms with Gasteiger partial charge in [0.15, 0.2) is 0 Å². The van der Waals surface area contributed by atoms with Crippen molar-refractivity contribution in [2.45, 2.75) is 76.7 Å². The molecule has 0 bridgehead atoms. The molecule has 3 aliphatic rings. The third-order valence-corrected chi connectivity index (χ3v) is 6.65. The van der Waals surface area contributed by atoms with Gasteiger partial charge in [0.2, 0.25) is 5.91 Å². The summed E-state index contributed by atoms with van der Waals surface area (Å²) in [6, 6.07) is 0. The predicted molar refractivity (Wildman–Crippen MR) is 96.1 cm³/mol. The zero-order valence-corrected chi connectivity index (χ0v) is 15.3. The highest BCUT2D eigenvalue weighted by Gasteiger charge is 2.36. The lowest BCUT2D eigenvalue weighted by molar-refractivity contribution is -0.135. The van der Waals surface area contributed by atoms with Crippen LogP contribution >= 0.6 is 0 Å². The Labute approximate surface area is 150 Å². The van der Waals surface area contributed by atoms with Gasteiger partial charge in [0.1, 0.15) is 11.6 Å². The molecule has 1 aliphatic carbocycles. The van der Waals surface area contributed by atoms with Crippen molar-refractivity contribution in [3.63, 3.8) is 0 Å². The van der Waals surface area contributed by atoms with Crippen LogP contribution in [-0.4, -0.2) is 45.2 Å². The van der Waals surface area contributed by atoms with Crippen molar-refractivity contribution in [2.75, 3.05) is 19.6 Å². The SMILES string of the molecule is NCC1(CC(=O)N2CCCC(c3nnc4n3CCC4)C2)CCCCC1. The molecule has 1 unspecified atom stereocenters. The van der Waals surface area contributed by atoms with Crippen LogP contribution < -0.4 is 5.73 Å². The van der Waals surface area contributed by atoms with E-state index in [9.17, 15) is 4.79 Å². The summed E-state index contributed by atoms with van der Waals surface area (Å²) >= 11 is 0. The van der Waals surface area contributed by atoms with Crippen molar-refractivity contribution in [2.24, 2.45) is 11.1 Å². The first-order valence-corrected chi connectivity index (χ1v) is 10.1. The summed E-state index contributed by atoms with van der Waals surface area (Å²) in [4.78, 5) is 15.1. The van der Waals surface area contributed by atoms with Crippen molar-refractivity contribution >= 4 is 5.91 Å². The Morgan fingerprint density at radius 1 is 1.12 bits per heavy atom. The van der Waals surface area contributed by atoms with E-state index < -0.39 is 0 Å². The van der Waals surface area contributed by atoms with E-state index in [4.69, 9.17) is 5.73 Å². The van der Waals surface area contributed by atoms with Crippen LogP contribution in [-0.2, 0) is 17.8 Å². The molecule has 1 saturated heterocycles. The van der Waals surface area contributed by atoms with Gasteiger partial charge in [-0.1, -0.05) is 19.3 Å². The molecular weight excluding hydrogens is 314 g/mol. The van der Waals surface area contributed by atoms with Gasteiger partial charge in [-0.25, -0.2) is 0 Å². The van der Waals surface area contributed by atoms with Gasteiger partial charge < -0.3 is 15.2 Å². The molecule has 1 aromatic heterocycles. The Morgan fingerprint density at radius 3 is 2.76 bits per heavy atom. The summed E-state index contributed by atoms with van der Waals surface area (Å²) in [5.74, 6) is 2.88. The molecule has 0 aromatic carbocycles. The van der Waals surface area contributed by atoms with E-state index in [0.29, 0.717) is 24.8 Å². The number of aromatic nitrogens is 3. The number of nitrogens with zero attached hydrogens (tertiary/aromatic N) is 4. The van der Waals surface area contributed by atoms with Crippen molar-refractivity contribution in [1.29, 1.82) is 0 Å². The summed E-state index contributed by atoms with van der Waals surface area (Å²) in [7, 11) is 0. The first kappa shape index (κ1) is 17.0. The lowest BCUT2D eigenvalue weighted by Gasteiger charge is -2.39. The Balaban J connectivity index is 1.43. The Bertz CT molecular complexity index is 619. The molecule has 2 aliphatic heterocycles. The van der Waals surface area contributed by atoms with E-state index in [1.54, 1.807) is 0 Å². The highest BCUT2D eigenvalue weighted by molar-refractivity contribution is 5.77. The summed E-state index contributed by atoms with van der Waals surface area (Å²) in [5, 5.41) is 8.81. The highest BCUT2D eigenvalue weighted by atomic mass is 16.2. The monoisotopic (exact) mass is 345 g/mol. The number of nitrogens with two attached hydrogens (primary N) is 1. The van der Waals surface area contributed by atoms with Crippen LogP contribution in [0, 0.1) is 5.41 Å². The summed E-state index contributed by atoms with van der Waals surface area (Å²) in [5.41, 5.74) is 6.14. The van der Waals surface area contributed by atoms with Gasteiger partial charge in [-0.3, -0.25) is 4.79 Å². The van der Waals surface area contributed by atoms with Crippen LogP contribution in [0.5, 0.6) is 0 Å². The maximum absolute atomic E-state index is 13.0. The first-order chi connectivity index (χ1) is 12.2. The van der Waals surface area contributed by atoms with Gasteiger partial charge in [0.25, 0.3) is 0 Å². The molecule has 2 N–H and O–H groups in total. The van der Waals surface area contributed by atoms with Crippen LogP contribution in [0.1, 0.15) is 75.4 Å². The third kappa shape index (κ3) is 3.33. The fourth-order valence-electron chi connectivity index (χ4n) is 5.08. The molecule has 6 nitrogen and oxygen atoms in total. The molecule has 1 saturated carbocycles. The molecule has 2 fully saturated rings. The van der Waals surface area contributed by atoms with Crippen molar-refractivity contribution in [1.82, 2.24) is 19.7 Å². The molecule has 3 heterocycles. The minimum atomic E-state index is 0.0540. The molecule has 138 valence electrons. The van der Waals surface area contributed by atoms with E-state index in [1.807, 2.05) is 0 Å². The number of rotatable bonds is 4. The maximum atomic E-state index is 13.0. The van der Waals surface area contributed by atoms with Crippen LogP contribution in [0.25, 0.3) is 0 Å². The van der Waals surface area contributed by atoms with Crippen LogP contribution in [0.2, 0.25) is 0 Å². The van der Waals surface area contributed by atoms with E-state index >= 15 is 0 Å². The average Bonchev–Trinajstić information content (AvgIpc) is 3.26. The predicted octanol–water partition coefficient (Wildman–Crippen LogP) is 2.23. The van der Waals surface area contributed by atoms with Gasteiger partial charge in [0.05, 0.1) is 0 Å². The van der Waals surface area contributed by atoms with Gasteiger partial charge in [-0.05, 0) is 44.1 Å². The van der Waals surface area contributed by atoms with E-state index in [0.717, 1.165) is 63.4 Å². The van der Waals surface area contributed by atoms with Crippen LogP contribution in [0.4, 0.5) is 0 Å². The number of hydrogen-bond acceptors (Lipinski definition) is 4. The molecule has 0 spiro atoms. The van der Waals surface area contributed by atoms with E-state index in [-0.39, 0.29) is 5.41 Å². The van der Waals surface area contributed by atoms with Gasteiger partial charge in [0, 0.05) is 38.4 Å². The topological polar surface area (TPSA) is 77.0 Å². The fraction of sp³-hybridized carbons (Fsp3) is 0.842. The summed E-state index contributed by atoms with van der Waals surface area (Å²) in [6.07, 6.45) is 11.0. The van der Waals surface area contributed by atoms with Crippen molar-refractivity contribution < 1.29 is 4.79 Å². The molecular formula is C19H31N5O. The summed E-state index contributed by atoms with van der Waals surface area (Å²) in [6.45, 7) is 3.38. The third-order valence-electron chi connectivity index (χ3n) is 6.65. The second-order valence-corrected chi connectivity index (χ2v) is 8.35. The van der Waals surface area contributed by atoms with Gasteiger partial charge in [-0.2, -0.15) is 0 Å². The first-order valence-electron chi connectivity index (χ1n) is 10.1. The van der Waals surface area contributed by atoms with Gasteiger partial charge >= 0.3 is 0 Å². The molecule has 1 aromatic rings. The number of hydrogen-bond donors (Lipinski definition) is 1. The minimum absolute atomic E-state index is 0.0540. The zero-order valence-electron chi connectivity index (χ0n) is 15.3. The summed E-state index contributed by atoms with van der Waals surface area (Å²) < 4.78 is 2.29. The zero-order chi connectivity index (χ0) is 17.3. The van der Waals surface area contributed by atoms with Crippen molar-refractivity contribution in [3.05, 3.63) is 11.6 Å². The molecule has 1 amide bonds. The number of amides is 1. The lowest BCUT2D eigenvalue weighted by atomic mass is 9.71. The van der Waals surface area contributed by atoms with E-state index in [2.05, 4.69) is 19.7 Å². The molecule has 0 radical (unpaired) electrons. The number of carbonyl (C=O) groups excluding carboxylic acids is 1. The van der Waals surface area contributed by atoms with Crippen LogP contribution in [0.15, 0.2) is 0 Å². The normalized spacial score (nSPS) is 25.8. The van der Waals surface area contributed by atoms with Crippen LogP contribution in [0.3, 0.4) is 0 Å². The number of fused-ring (bicyclic) bond motifs is 1. The molecule has 25 heavy (non-hydrogen) atoms. The molecule has 4 rings (SSSR count). The lowest BCUT2D eigenvalue weighted by Crippen LogP contribution is -2.44. The second kappa shape index (κ2) is 7.06. The Hall–Kier alpha value is -1.43. The largest absolute Gasteiger partial charge is 0.342 e. The number of likely N-dealkylation sites (tertiary alicyclic amines) is 1. The number of piperidine rings is 1. The molecule has 1 atom stereocenters. The number of aryl methyl sites for hydroxylation is 1. The second-order valence-electron chi connectivity index (χ2n) is 8.35.